The zero-order valence-corrected chi connectivity index (χ0v) is 10.7. The van der Waals surface area contributed by atoms with Crippen LogP contribution in [0.1, 0.15) is 49.7 Å². The Hall–Kier alpha value is -0.820. The Labute approximate surface area is 104 Å². The van der Waals surface area contributed by atoms with Crippen LogP contribution in [0.4, 0.5) is 0 Å². The fourth-order valence-corrected chi connectivity index (χ4v) is 3.46. The molecule has 4 rings (SSSR count). The van der Waals surface area contributed by atoms with Crippen LogP contribution < -0.4 is 0 Å². The highest BCUT2D eigenvalue weighted by Crippen LogP contribution is 2.46. The summed E-state index contributed by atoms with van der Waals surface area (Å²) in [7, 11) is 0. The number of benzene rings is 1. The predicted molar refractivity (Wildman–Crippen MR) is 69.9 cm³/mol. The molecule has 1 aromatic carbocycles. The van der Waals surface area contributed by atoms with Gasteiger partial charge in [-0.25, -0.2) is 0 Å². The molecule has 0 radical (unpaired) electrons. The number of ether oxygens (including phenoxy) is 1. The molecule has 0 heterocycles. The smallest absolute Gasteiger partial charge is 0.0724 e. The van der Waals surface area contributed by atoms with Crippen molar-refractivity contribution in [3.05, 3.63) is 35.4 Å². The van der Waals surface area contributed by atoms with E-state index in [0.29, 0.717) is 0 Å². The van der Waals surface area contributed by atoms with Gasteiger partial charge in [0, 0.05) is 0 Å². The molecule has 0 unspecified atom stereocenters. The second-order valence-electron chi connectivity index (χ2n) is 5.94. The third-order valence-corrected chi connectivity index (χ3v) is 4.65. The largest absolute Gasteiger partial charge is 0.370 e. The molecule has 2 bridgehead atoms. The molecule has 92 valence electrons. The van der Waals surface area contributed by atoms with Gasteiger partial charge in [-0.05, 0) is 56.9 Å². The van der Waals surface area contributed by atoms with E-state index in [9.17, 15) is 0 Å². The van der Waals surface area contributed by atoms with Crippen molar-refractivity contribution in [1.29, 1.82) is 0 Å². The number of rotatable bonds is 3. The van der Waals surface area contributed by atoms with Gasteiger partial charge in [0.15, 0.2) is 0 Å². The minimum absolute atomic E-state index is 0.235. The lowest BCUT2D eigenvalue weighted by Crippen LogP contribution is -2.42. The van der Waals surface area contributed by atoms with Gasteiger partial charge in [-0.15, -0.1) is 0 Å². The molecule has 0 spiro atoms. The Kier molecular flexibility index (Phi) is 2.96. The Bertz CT molecular complexity index is 374. The first-order valence-electron chi connectivity index (χ1n) is 6.95. The molecule has 1 aromatic rings. The molecule has 1 heteroatoms. The van der Waals surface area contributed by atoms with Crippen molar-refractivity contribution in [1.82, 2.24) is 0 Å². The second-order valence-corrected chi connectivity index (χ2v) is 5.94. The molecule has 0 aromatic heterocycles. The van der Waals surface area contributed by atoms with E-state index in [0.717, 1.165) is 12.5 Å². The zero-order valence-electron chi connectivity index (χ0n) is 10.7. The van der Waals surface area contributed by atoms with Crippen molar-refractivity contribution in [2.45, 2.75) is 57.7 Å². The third kappa shape index (κ3) is 2.40. The highest BCUT2D eigenvalue weighted by molar-refractivity contribution is 5.21. The van der Waals surface area contributed by atoms with Crippen LogP contribution in [0.2, 0.25) is 0 Å². The van der Waals surface area contributed by atoms with Crippen molar-refractivity contribution in [2.75, 3.05) is 0 Å². The Morgan fingerprint density at radius 3 is 2.53 bits per heavy atom. The van der Waals surface area contributed by atoms with Gasteiger partial charge in [-0.2, -0.15) is 0 Å². The lowest BCUT2D eigenvalue weighted by Gasteiger charge is -2.46. The van der Waals surface area contributed by atoms with Crippen molar-refractivity contribution in [2.24, 2.45) is 5.92 Å². The normalized spacial score (nSPS) is 31.7. The maximum atomic E-state index is 6.30. The minimum Gasteiger partial charge on any atom is -0.370 e. The summed E-state index contributed by atoms with van der Waals surface area (Å²) in [6.07, 6.45) is 8.08. The van der Waals surface area contributed by atoms with E-state index in [1.54, 1.807) is 0 Å². The summed E-state index contributed by atoms with van der Waals surface area (Å²) in [5, 5.41) is 0. The second kappa shape index (κ2) is 4.45. The van der Waals surface area contributed by atoms with Gasteiger partial charge in [0.2, 0.25) is 0 Å². The van der Waals surface area contributed by atoms with E-state index in [2.05, 4.69) is 31.2 Å². The van der Waals surface area contributed by atoms with Crippen LogP contribution in [0.25, 0.3) is 0 Å². The molecule has 0 aliphatic heterocycles. The van der Waals surface area contributed by atoms with Gasteiger partial charge in [0.1, 0.15) is 0 Å². The SMILES string of the molecule is Cc1cccc(COC23CCC(CC2)CC3)c1. The average Bonchev–Trinajstić information content (AvgIpc) is 2.39. The molecule has 1 nitrogen and oxygen atoms in total. The summed E-state index contributed by atoms with van der Waals surface area (Å²) in [6, 6.07) is 8.69. The maximum absolute atomic E-state index is 6.30. The van der Waals surface area contributed by atoms with Gasteiger partial charge in [0.05, 0.1) is 12.2 Å². The minimum atomic E-state index is 0.235. The molecular formula is C16H22O. The first-order chi connectivity index (χ1) is 8.26. The molecule has 0 N–H and O–H groups in total. The molecule has 3 aliphatic rings. The van der Waals surface area contributed by atoms with Crippen molar-refractivity contribution >= 4 is 0 Å². The Morgan fingerprint density at radius 1 is 1.18 bits per heavy atom. The fourth-order valence-electron chi connectivity index (χ4n) is 3.46. The van der Waals surface area contributed by atoms with Crippen LogP contribution in [0, 0.1) is 12.8 Å². The van der Waals surface area contributed by atoms with E-state index in [1.807, 2.05) is 0 Å². The van der Waals surface area contributed by atoms with Crippen molar-refractivity contribution in [3.8, 4) is 0 Å². The summed E-state index contributed by atoms with van der Waals surface area (Å²) < 4.78 is 6.30. The lowest BCUT2D eigenvalue weighted by molar-refractivity contribution is -0.119. The molecular weight excluding hydrogens is 208 g/mol. The molecule has 3 saturated carbocycles. The van der Waals surface area contributed by atoms with E-state index < -0.39 is 0 Å². The van der Waals surface area contributed by atoms with E-state index in [4.69, 9.17) is 4.74 Å². The van der Waals surface area contributed by atoms with Crippen LogP contribution in [-0.2, 0) is 11.3 Å². The summed E-state index contributed by atoms with van der Waals surface area (Å²) in [5.41, 5.74) is 2.89. The van der Waals surface area contributed by atoms with Gasteiger partial charge in [0.25, 0.3) is 0 Å². The number of hydrogen-bond donors (Lipinski definition) is 0. The van der Waals surface area contributed by atoms with Gasteiger partial charge >= 0.3 is 0 Å². The zero-order chi connectivity index (χ0) is 11.7. The Morgan fingerprint density at radius 2 is 1.88 bits per heavy atom. The quantitative estimate of drug-likeness (QED) is 0.755. The number of aryl methyl sites for hydroxylation is 1. The number of hydrogen-bond acceptors (Lipinski definition) is 1. The van der Waals surface area contributed by atoms with Crippen LogP contribution in [0.15, 0.2) is 24.3 Å². The lowest BCUT2D eigenvalue weighted by atomic mass is 9.68. The summed E-state index contributed by atoms with van der Waals surface area (Å²) in [6.45, 7) is 2.94. The molecule has 0 amide bonds. The highest BCUT2D eigenvalue weighted by atomic mass is 16.5. The van der Waals surface area contributed by atoms with Crippen LogP contribution >= 0.6 is 0 Å². The first kappa shape index (κ1) is 11.3. The molecule has 0 saturated heterocycles. The van der Waals surface area contributed by atoms with Crippen molar-refractivity contribution < 1.29 is 4.74 Å². The monoisotopic (exact) mass is 230 g/mol. The van der Waals surface area contributed by atoms with Crippen LogP contribution in [0.3, 0.4) is 0 Å². The molecule has 17 heavy (non-hydrogen) atoms. The first-order valence-corrected chi connectivity index (χ1v) is 6.95. The van der Waals surface area contributed by atoms with E-state index in [1.165, 1.54) is 49.7 Å². The van der Waals surface area contributed by atoms with E-state index in [-0.39, 0.29) is 5.60 Å². The van der Waals surface area contributed by atoms with Gasteiger partial charge in [-0.3, -0.25) is 0 Å². The molecule has 0 atom stereocenters. The topological polar surface area (TPSA) is 9.23 Å². The summed E-state index contributed by atoms with van der Waals surface area (Å²) in [4.78, 5) is 0. The van der Waals surface area contributed by atoms with E-state index >= 15 is 0 Å². The fraction of sp³-hybridized carbons (Fsp3) is 0.625. The van der Waals surface area contributed by atoms with Crippen LogP contribution in [-0.4, -0.2) is 5.60 Å². The third-order valence-electron chi connectivity index (χ3n) is 4.65. The standard InChI is InChI=1S/C16H22O/c1-13-3-2-4-15(11-13)12-17-16-8-5-14(6-9-16)7-10-16/h2-4,11,14H,5-10,12H2,1H3. The average molecular weight is 230 g/mol. The summed E-state index contributed by atoms with van der Waals surface area (Å²) in [5.74, 6) is 1.01. The molecule has 3 aliphatic carbocycles. The van der Waals surface area contributed by atoms with Crippen LogP contribution in [0.5, 0.6) is 0 Å². The highest BCUT2D eigenvalue weighted by Gasteiger charge is 2.41. The summed E-state index contributed by atoms with van der Waals surface area (Å²) >= 11 is 0. The number of fused-ring (bicyclic) bond motifs is 3. The van der Waals surface area contributed by atoms with Crippen molar-refractivity contribution in [3.63, 3.8) is 0 Å². The maximum Gasteiger partial charge on any atom is 0.0724 e. The Balaban J connectivity index is 1.63. The molecule has 3 fully saturated rings. The predicted octanol–water partition coefficient (Wildman–Crippen LogP) is 4.23. The van der Waals surface area contributed by atoms with Gasteiger partial charge < -0.3 is 4.74 Å². The van der Waals surface area contributed by atoms with Gasteiger partial charge in [-0.1, -0.05) is 29.8 Å².